The van der Waals surface area contributed by atoms with Crippen molar-refractivity contribution in [2.45, 2.75) is 58.0 Å². The van der Waals surface area contributed by atoms with Gasteiger partial charge in [-0.15, -0.1) is 0 Å². The van der Waals surface area contributed by atoms with Crippen LogP contribution in [0, 0.1) is 0 Å². The molecule has 0 fully saturated rings. The number of aryl methyl sites for hydroxylation is 2. The van der Waals surface area contributed by atoms with E-state index in [4.69, 9.17) is 4.74 Å². The van der Waals surface area contributed by atoms with Crippen LogP contribution in [0.1, 0.15) is 55.8 Å². The number of fused-ring (bicyclic) bond motifs is 2. The minimum absolute atomic E-state index is 0.0517. The van der Waals surface area contributed by atoms with Crippen LogP contribution in [-0.2, 0) is 22.7 Å². The van der Waals surface area contributed by atoms with Gasteiger partial charge in [-0.25, -0.2) is 8.42 Å². The third-order valence-electron chi connectivity index (χ3n) is 4.92. The van der Waals surface area contributed by atoms with Crippen molar-refractivity contribution in [1.29, 1.82) is 0 Å². The number of benzene rings is 1. The molecular weight excluding hydrogens is 310 g/mol. The molecular formula is C18H27NO3S. The fourth-order valence-corrected chi connectivity index (χ4v) is 4.80. The molecule has 1 aliphatic heterocycles. The average Bonchev–Trinajstić information content (AvgIpc) is 2.87. The summed E-state index contributed by atoms with van der Waals surface area (Å²) in [5, 5.41) is 3.54. The lowest BCUT2D eigenvalue weighted by Crippen LogP contribution is -2.36. The van der Waals surface area contributed by atoms with Gasteiger partial charge in [0.25, 0.3) is 0 Å². The molecule has 5 heteroatoms. The molecule has 1 aromatic rings. The number of rotatable bonds is 5. The van der Waals surface area contributed by atoms with Crippen LogP contribution in [0.4, 0.5) is 0 Å². The molecule has 2 aliphatic rings. The van der Waals surface area contributed by atoms with Gasteiger partial charge < -0.3 is 10.1 Å². The molecule has 0 radical (unpaired) electrons. The smallest absolute Gasteiger partial charge is 0.151 e. The zero-order valence-electron chi connectivity index (χ0n) is 14.1. The van der Waals surface area contributed by atoms with Gasteiger partial charge in [0.1, 0.15) is 5.75 Å². The van der Waals surface area contributed by atoms with Gasteiger partial charge in [0.05, 0.1) is 12.4 Å². The molecule has 23 heavy (non-hydrogen) atoms. The van der Waals surface area contributed by atoms with E-state index in [1.807, 2.05) is 6.92 Å². The van der Waals surface area contributed by atoms with E-state index in [0.29, 0.717) is 0 Å². The Morgan fingerprint density at radius 3 is 2.74 bits per heavy atom. The number of sulfone groups is 1. The fraction of sp³-hybridized carbons (Fsp3) is 0.667. The minimum atomic E-state index is -2.96. The fourth-order valence-electron chi connectivity index (χ4n) is 3.71. The van der Waals surface area contributed by atoms with Crippen LogP contribution in [0.2, 0.25) is 0 Å². The Labute approximate surface area is 139 Å². The highest BCUT2D eigenvalue weighted by molar-refractivity contribution is 7.91. The molecule has 128 valence electrons. The SMILES string of the molecule is CCS(=O)(=O)C[C@@H](C)N[C@@H]1CCCOc2cc3c(cc21)CCC3. The van der Waals surface area contributed by atoms with Gasteiger partial charge in [0.15, 0.2) is 9.84 Å². The predicted octanol–water partition coefficient (Wildman–Crippen LogP) is 2.80. The summed E-state index contributed by atoms with van der Waals surface area (Å²) in [7, 11) is -2.96. The molecule has 0 saturated heterocycles. The maximum atomic E-state index is 11.9. The number of hydrogen-bond acceptors (Lipinski definition) is 4. The van der Waals surface area contributed by atoms with Crippen molar-refractivity contribution in [3.8, 4) is 5.75 Å². The molecule has 1 aromatic carbocycles. The first kappa shape index (κ1) is 16.8. The van der Waals surface area contributed by atoms with Crippen LogP contribution in [0.25, 0.3) is 0 Å². The van der Waals surface area contributed by atoms with Crippen LogP contribution in [0.5, 0.6) is 5.75 Å². The third kappa shape index (κ3) is 3.89. The van der Waals surface area contributed by atoms with Crippen molar-refractivity contribution >= 4 is 9.84 Å². The minimum Gasteiger partial charge on any atom is -0.493 e. The van der Waals surface area contributed by atoms with E-state index in [-0.39, 0.29) is 23.6 Å². The summed E-state index contributed by atoms with van der Waals surface area (Å²) in [6, 6.07) is 4.64. The lowest BCUT2D eigenvalue weighted by Gasteiger charge is -2.24. The van der Waals surface area contributed by atoms with Gasteiger partial charge in [-0.05, 0) is 56.2 Å². The quantitative estimate of drug-likeness (QED) is 0.898. The van der Waals surface area contributed by atoms with Gasteiger partial charge in [0.2, 0.25) is 0 Å². The van der Waals surface area contributed by atoms with E-state index in [9.17, 15) is 8.42 Å². The Kier molecular flexibility index (Phi) is 4.97. The van der Waals surface area contributed by atoms with Crippen LogP contribution < -0.4 is 10.1 Å². The van der Waals surface area contributed by atoms with Crippen molar-refractivity contribution in [2.24, 2.45) is 0 Å². The van der Waals surface area contributed by atoms with Crippen LogP contribution in [0.15, 0.2) is 12.1 Å². The Bertz CT molecular complexity index is 669. The average molecular weight is 337 g/mol. The first-order chi connectivity index (χ1) is 11.0. The Hall–Kier alpha value is -1.07. The highest BCUT2D eigenvalue weighted by atomic mass is 32.2. The summed E-state index contributed by atoms with van der Waals surface area (Å²) in [5.41, 5.74) is 4.07. The second-order valence-corrected chi connectivity index (χ2v) is 9.22. The lowest BCUT2D eigenvalue weighted by molar-refractivity contribution is 0.314. The summed E-state index contributed by atoms with van der Waals surface area (Å²) in [6.45, 7) is 4.41. The van der Waals surface area contributed by atoms with Gasteiger partial charge >= 0.3 is 0 Å². The Morgan fingerprint density at radius 2 is 2.00 bits per heavy atom. The number of ether oxygens (including phenoxy) is 1. The zero-order chi connectivity index (χ0) is 16.4. The monoisotopic (exact) mass is 337 g/mol. The van der Waals surface area contributed by atoms with Crippen molar-refractivity contribution in [3.63, 3.8) is 0 Å². The summed E-state index contributed by atoms with van der Waals surface area (Å²) in [5.74, 6) is 1.39. The molecule has 2 atom stereocenters. The first-order valence-corrected chi connectivity index (χ1v) is 10.6. The van der Waals surface area contributed by atoms with E-state index in [1.54, 1.807) is 6.92 Å². The summed E-state index contributed by atoms with van der Waals surface area (Å²) in [4.78, 5) is 0. The van der Waals surface area contributed by atoms with Crippen molar-refractivity contribution in [2.75, 3.05) is 18.1 Å². The van der Waals surface area contributed by atoms with Crippen LogP contribution >= 0.6 is 0 Å². The Morgan fingerprint density at radius 1 is 1.26 bits per heavy atom. The number of hydrogen-bond donors (Lipinski definition) is 1. The van der Waals surface area contributed by atoms with Crippen LogP contribution in [0.3, 0.4) is 0 Å². The molecule has 3 rings (SSSR count). The van der Waals surface area contributed by atoms with Crippen molar-refractivity contribution in [3.05, 3.63) is 28.8 Å². The highest BCUT2D eigenvalue weighted by Gasteiger charge is 2.25. The lowest BCUT2D eigenvalue weighted by atomic mass is 9.97. The molecule has 0 amide bonds. The predicted molar refractivity (Wildman–Crippen MR) is 92.9 cm³/mol. The standard InChI is InChI=1S/C18H27NO3S/c1-3-23(20,21)12-13(2)19-17-8-5-9-22-18-11-15-7-4-6-14(15)10-16(17)18/h10-11,13,17,19H,3-9,12H2,1-2H3/t13-,17-/m1/s1. The van der Waals surface area contributed by atoms with Gasteiger partial charge in [-0.3, -0.25) is 0 Å². The Balaban J connectivity index is 1.81. The molecule has 1 aliphatic carbocycles. The van der Waals surface area contributed by atoms with E-state index < -0.39 is 9.84 Å². The molecule has 0 spiro atoms. The van der Waals surface area contributed by atoms with E-state index in [0.717, 1.165) is 38.0 Å². The highest BCUT2D eigenvalue weighted by Crippen LogP contribution is 2.37. The van der Waals surface area contributed by atoms with Gasteiger partial charge in [0, 0.05) is 23.4 Å². The second kappa shape index (κ2) is 6.81. The van der Waals surface area contributed by atoms with E-state index in [2.05, 4.69) is 17.4 Å². The first-order valence-electron chi connectivity index (χ1n) is 8.73. The maximum absolute atomic E-state index is 11.9. The van der Waals surface area contributed by atoms with Crippen LogP contribution in [-0.4, -0.2) is 32.6 Å². The summed E-state index contributed by atoms with van der Waals surface area (Å²) in [6.07, 6.45) is 5.50. The summed E-state index contributed by atoms with van der Waals surface area (Å²) < 4.78 is 29.7. The molecule has 1 N–H and O–H groups in total. The second-order valence-electron chi connectivity index (χ2n) is 6.82. The normalized spacial score (nSPS) is 21.9. The zero-order valence-corrected chi connectivity index (χ0v) is 14.9. The van der Waals surface area contributed by atoms with Gasteiger partial charge in [-0.1, -0.05) is 13.0 Å². The third-order valence-corrected chi connectivity index (χ3v) is 6.81. The topological polar surface area (TPSA) is 55.4 Å². The maximum Gasteiger partial charge on any atom is 0.151 e. The van der Waals surface area contributed by atoms with Gasteiger partial charge in [-0.2, -0.15) is 0 Å². The molecule has 0 unspecified atom stereocenters. The molecule has 4 nitrogen and oxygen atoms in total. The molecule has 0 bridgehead atoms. The summed E-state index contributed by atoms with van der Waals surface area (Å²) >= 11 is 0. The number of nitrogens with one attached hydrogen (secondary N) is 1. The van der Waals surface area contributed by atoms with Crippen molar-refractivity contribution < 1.29 is 13.2 Å². The largest absolute Gasteiger partial charge is 0.493 e. The molecule has 0 aromatic heterocycles. The molecule has 1 heterocycles. The van der Waals surface area contributed by atoms with E-state index >= 15 is 0 Å². The molecule has 0 saturated carbocycles. The van der Waals surface area contributed by atoms with Crippen molar-refractivity contribution in [1.82, 2.24) is 5.32 Å². The van der Waals surface area contributed by atoms with E-state index in [1.165, 1.54) is 23.1 Å².